The maximum Gasteiger partial charge on any atom is 0.134 e. The van der Waals surface area contributed by atoms with E-state index in [2.05, 4.69) is 28.2 Å². The Bertz CT molecular complexity index is 766. The standard InChI is InChI=1S/C17H16BrNO2/c1-11(19-15-4-2-3-12(7-15)10-20)17-9-13-8-14(18)5-6-16(13)21-17/h2-9,11,19-20H,10H2,1H3. The first-order chi connectivity index (χ1) is 10.2. The van der Waals surface area contributed by atoms with Crippen LogP contribution in [0.15, 0.2) is 57.4 Å². The van der Waals surface area contributed by atoms with Crippen molar-refractivity contribution in [2.24, 2.45) is 0 Å². The molecule has 0 radical (unpaired) electrons. The predicted octanol–water partition coefficient (Wildman–Crippen LogP) is 4.86. The monoisotopic (exact) mass is 345 g/mol. The highest BCUT2D eigenvalue weighted by atomic mass is 79.9. The van der Waals surface area contributed by atoms with E-state index in [-0.39, 0.29) is 12.6 Å². The molecular formula is C17H16BrNO2. The first-order valence-electron chi connectivity index (χ1n) is 6.81. The summed E-state index contributed by atoms with van der Waals surface area (Å²) in [4.78, 5) is 0. The number of hydrogen-bond donors (Lipinski definition) is 2. The molecule has 1 heterocycles. The van der Waals surface area contributed by atoms with Crippen LogP contribution in [0.1, 0.15) is 24.3 Å². The van der Waals surface area contributed by atoms with Crippen LogP contribution in [0.25, 0.3) is 11.0 Å². The van der Waals surface area contributed by atoms with Crippen LogP contribution in [-0.2, 0) is 6.61 Å². The molecule has 0 bridgehead atoms. The Morgan fingerprint density at radius 3 is 2.86 bits per heavy atom. The van der Waals surface area contributed by atoms with Crippen molar-refractivity contribution in [3.05, 3.63) is 64.3 Å². The summed E-state index contributed by atoms with van der Waals surface area (Å²) >= 11 is 3.47. The zero-order valence-corrected chi connectivity index (χ0v) is 13.2. The van der Waals surface area contributed by atoms with Gasteiger partial charge in [0.1, 0.15) is 11.3 Å². The third-order valence-electron chi connectivity index (χ3n) is 3.42. The lowest BCUT2D eigenvalue weighted by atomic mass is 10.1. The van der Waals surface area contributed by atoms with Gasteiger partial charge in [-0.1, -0.05) is 28.1 Å². The molecule has 0 amide bonds. The second-order valence-electron chi connectivity index (χ2n) is 5.06. The van der Waals surface area contributed by atoms with Crippen LogP contribution >= 0.6 is 15.9 Å². The number of aliphatic hydroxyl groups is 1. The van der Waals surface area contributed by atoms with Gasteiger partial charge in [0.05, 0.1) is 12.6 Å². The Labute approximate surface area is 131 Å². The van der Waals surface area contributed by atoms with Gasteiger partial charge in [-0.25, -0.2) is 0 Å². The van der Waals surface area contributed by atoms with Gasteiger partial charge >= 0.3 is 0 Å². The van der Waals surface area contributed by atoms with Crippen molar-refractivity contribution in [2.75, 3.05) is 5.32 Å². The molecule has 0 aliphatic rings. The van der Waals surface area contributed by atoms with Crippen LogP contribution in [0.4, 0.5) is 5.69 Å². The minimum Gasteiger partial charge on any atom is -0.459 e. The summed E-state index contributed by atoms with van der Waals surface area (Å²) in [7, 11) is 0. The van der Waals surface area contributed by atoms with Crippen LogP contribution < -0.4 is 5.32 Å². The van der Waals surface area contributed by atoms with Crippen LogP contribution in [0.3, 0.4) is 0 Å². The maximum absolute atomic E-state index is 9.18. The van der Waals surface area contributed by atoms with Crippen LogP contribution in [0.2, 0.25) is 0 Å². The van der Waals surface area contributed by atoms with E-state index in [1.807, 2.05) is 48.5 Å². The molecule has 3 rings (SSSR count). The highest BCUT2D eigenvalue weighted by molar-refractivity contribution is 9.10. The molecule has 1 aromatic heterocycles. The molecule has 1 atom stereocenters. The van der Waals surface area contributed by atoms with Gasteiger partial charge in [0.25, 0.3) is 0 Å². The molecule has 0 saturated heterocycles. The molecule has 0 spiro atoms. The molecule has 0 aliphatic carbocycles. The number of furan rings is 1. The summed E-state index contributed by atoms with van der Waals surface area (Å²) in [5.41, 5.74) is 2.74. The van der Waals surface area contributed by atoms with E-state index < -0.39 is 0 Å². The summed E-state index contributed by atoms with van der Waals surface area (Å²) in [5.74, 6) is 0.887. The number of fused-ring (bicyclic) bond motifs is 1. The molecule has 3 nitrogen and oxygen atoms in total. The molecule has 1 unspecified atom stereocenters. The van der Waals surface area contributed by atoms with E-state index in [9.17, 15) is 5.11 Å². The molecule has 4 heteroatoms. The normalized spacial score (nSPS) is 12.5. The molecule has 0 aliphatic heterocycles. The second kappa shape index (κ2) is 5.92. The zero-order chi connectivity index (χ0) is 14.8. The quantitative estimate of drug-likeness (QED) is 0.709. The van der Waals surface area contributed by atoms with Crippen molar-refractivity contribution in [3.8, 4) is 0 Å². The summed E-state index contributed by atoms with van der Waals surface area (Å²) in [6.07, 6.45) is 0. The number of hydrogen-bond acceptors (Lipinski definition) is 3. The highest BCUT2D eigenvalue weighted by Gasteiger charge is 2.12. The Hall–Kier alpha value is -1.78. The van der Waals surface area contributed by atoms with Crippen LogP contribution in [0.5, 0.6) is 0 Å². The number of aliphatic hydroxyl groups excluding tert-OH is 1. The smallest absolute Gasteiger partial charge is 0.134 e. The lowest BCUT2D eigenvalue weighted by Crippen LogP contribution is -2.05. The van der Waals surface area contributed by atoms with Crippen molar-refractivity contribution in [1.82, 2.24) is 0 Å². The molecule has 2 aromatic carbocycles. The van der Waals surface area contributed by atoms with Crippen molar-refractivity contribution in [3.63, 3.8) is 0 Å². The van der Waals surface area contributed by atoms with Gasteiger partial charge in [-0.05, 0) is 48.9 Å². The molecular weight excluding hydrogens is 330 g/mol. The van der Waals surface area contributed by atoms with Gasteiger partial charge in [0.15, 0.2) is 0 Å². The summed E-state index contributed by atoms with van der Waals surface area (Å²) in [6, 6.07) is 15.8. The maximum atomic E-state index is 9.18. The fourth-order valence-electron chi connectivity index (χ4n) is 2.33. The zero-order valence-electron chi connectivity index (χ0n) is 11.6. The van der Waals surface area contributed by atoms with Crippen molar-refractivity contribution >= 4 is 32.6 Å². The Morgan fingerprint density at radius 1 is 1.19 bits per heavy atom. The molecule has 2 N–H and O–H groups in total. The first kappa shape index (κ1) is 14.2. The van der Waals surface area contributed by atoms with Gasteiger partial charge in [0.2, 0.25) is 0 Å². The van der Waals surface area contributed by atoms with Gasteiger partial charge in [-0.15, -0.1) is 0 Å². The van der Waals surface area contributed by atoms with E-state index in [1.54, 1.807) is 0 Å². The van der Waals surface area contributed by atoms with Crippen molar-refractivity contribution in [2.45, 2.75) is 19.6 Å². The van der Waals surface area contributed by atoms with E-state index in [4.69, 9.17) is 4.42 Å². The molecule has 0 fully saturated rings. The highest BCUT2D eigenvalue weighted by Crippen LogP contribution is 2.28. The van der Waals surface area contributed by atoms with Crippen molar-refractivity contribution < 1.29 is 9.52 Å². The van der Waals surface area contributed by atoms with Gasteiger partial charge in [-0.2, -0.15) is 0 Å². The largest absolute Gasteiger partial charge is 0.459 e. The van der Waals surface area contributed by atoms with E-state index in [1.165, 1.54) is 0 Å². The summed E-state index contributed by atoms with van der Waals surface area (Å²) in [6.45, 7) is 2.10. The summed E-state index contributed by atoms with van der Waals surface area (Å²) < 4.78 is 6.92. The number of rotatable bonds is 4. The van der Waals surface area contributed by atoms with Crippen LogP contribution in [-0.4, -0.2) is 5.11 Å². The molecule has 0 saturated carbocycles. The Balaban J connectivity index is 1.84. The third-order valence-corrected chi connectivity index (χ3v) is 3.91. The molecule has 3 aromatic rings. The third kappa shape index (κ3) is 3.12. The molecule has 108 valence electrons. The van der Waals surface area contributed by atoms with E-state index in [0.717, 1.165) is 32.5 Å². The molecule has 21 heavy (non-hydrogen) atoms. The van der Waals surface area contributed by atoms with Gasteiger partial charge in [0, 0.05) is 15.5 Å². The number of benzene rings is 2. The minimum absolute atomic E-state index is 0.0442. The topological polar surface area (TPSA) is 45.4 Å². The fraction of sp³-hybridized carbons (Fsp3) is 0.176. The van der Waals surface area contributed by atoms with E-state index >= 15 is 0 Å². The average Bonchev–Trinajstić information content (AvgIpc) is 2.90. The van der Waals surface area contributed by atoms with Crippen LogP contribution in [0, 0.1) is 0 Å². The van der Waals surface area contributed by atoms with Gasteiger partial charge in [-0.3, -0.25) is 0 Å². The Morgan fingerprint density at radius 2 is 2.05 bits per heavy atom. The Kier molecular flexibility index (Phi) is 3.99. The predicted molar refractivity (Wildman–Crippen MR) is 88.3 cm³/mol. The fourth-order valence-corrected chi connectivity index (χ4v) is 2.71. The van der Waals surface area contributed by atoms with Gasteiger partial charge < -0.3 is 14.8 Å². The lowest BCUT2D eigenvalue weighted by Gasteiger charge is -2.13. The van der Waals surface area contributed by atoms with Crippen molar-refractivity contribution in [1.29, 1.82) is 0 Å². The first-order valence-corrected chi connectivity index (χ1v) is 7.60. The lowest BCUT2D eigenvalue weighted by molar-refractivity contribution is 0.282. The number of nitrogens with one attached hydrogen (secondary N) is 1. The van der Waals surface area contributed by atoms with E-state index in [0.29, 0.717) is 0 Å². The SMILES string of the molecule is CC(Nc1cccc(CO)c1)c1cc2cc(Br)ccc2o1. The number of halogens is 1. The number of anilines is 1. The summed E-state index contributed by atoms with van der Waals surface area (Å²) in [5, 5.41) is 13.7. The minimum atomic E-state index is 0.0442. The average molecular weight is 346 g/mol. The second-order valence-corrected chi connectivity index (χ2v) is 5.97.